The summed E-state index contributed by atoms with van der Waals surface area (Å²) in [6.45, 7) is 4.21. The second-order valence-corrected chi connectivity index (χ2v) is 8.52. The van der Waals surface area contributed by atoms with Crippen LogP contribution in [0.1, 0.15) is 26.2 Å². The van der Waals surface area contributed by atoms with Gasteiger partial charge in [0.1, 0.15) is 11.4 Å². The third kappa shape index (κ3) is 6.08. The summed E-state index contributed by atoms with van der Waals surface area (Å²) in [6, 6.07) is 10.5. The van der Waals surface area contributed by atoms with E-state index in [1.54, 1.807) is 31.2 Å². The predicted octanol–water partition coefficient (Wildman–Crippen LogP) is 2.85. The van der Waals surface area contributed by atoms with E-state index in [1.165, 1.54) is 25.5 Å². The molecule has 9 heteroatoms. The highest BCUT2D eigenvalue weighted by Gasteiger charge is 2.19. The highest BCUT2D eigenvalue weighted by molar-refractivity contribution is 7.93. The maximum absolute atomic E-state index is 12.4. The summed E-state index contributed by atoms with van der Waals surface area (Å²) in [5, 5.41) is 2.54. The van der Waals surface area contributed by atoms with Crippen LogP contribution in [0.15, 0.2) is 42.6 Å². The van der Waals surface area contributed by atoms with Crippen molar-refractivity contribution in [3.63, 3.8) is 0 Å². The molecule has 156 valence electrons. The monoisotopic (exact) mass is 418 g/mol. The number of nitrogens with one attached hydrogen (secondary N) is 2. The van der Waals surface area contributed by atoms with Gasteiger partial charge < -0.3 is 15.0 Å². The standard InChI is InChI=1S/C20H26N4O4S/c1-2-28-20-18(7-6-12-21-20)22-19(25)15-29(26,27)23-16-8-10-17(11-9-16)24-13-4-3-5-14-24/h6-12,23H,2-5,13-15H2,1H3,(H,22,25). The van der Waals surface area contributed by atoms with E-state index in [0.717, 1.165) is 18.8 Å². The number of hydrogen-bond donors (Lipinski definition) is 2. The molecule has 0 saturated carbocycles. The number of amides is 1. The lowest BCUT2D eigenvalue weighted by atomic mass is 10.1. The quantitative estimate of drug-likeness (QED) is 0.684. The predicted molar refractivity (Wildman–Crippen MR) is 114 cm³/mol. The van der Waals surface area contributed by atoms with E-state index in [4.69, 9.17) is 4.74 Å². The molecule has 1 amide bonds. The van der Waals surface area contributed by atoms with E-state index in [2.05, 4.69) is 19.9 Å². The smallest absolute Gasteiger partial charge is 0.241 e. The van der Waals surface area contributed by atoms with E-state index in [0.29, 0.717) is 18.0 Å². The zero-order chi connectivity index (χ0) is 20.7. The van der Waals surface area contributed by atoms with Crippen LogP contribution in [0.5, 0.6) is 5.88 Å². The van der Waals surface area contributed by atoms with Crippen LogP contribution in [0.4, 0.5) is 17.1 Å². The Labute approximate surface area is 171 Å². The van der Waals surface area contributed by atoms with Crippen LogP contribution in [0.2, 0.25) is 0 Å². The highest BCUT2D eigenvalue weighted by atomic mass is 32.2. The Morgan fingerprint density at radius 1 is 1.14 bits per heavy atom. The van der Waals surface area contributed by atoms with E-state index < -0.39 is 21.7 Å². The van der Waals surface area contributed by atoms with Crippen LogP contribution >= 0.6 is 0 Å². The van der Waals surface area contributed by atoms with Gasteiger partial charge >= 0.3 is 0 Å². The molecule has 2 heterocycles. The van der Waals surface area contributed by atoms with Gasteiger partial charge in [0, 0.05) is 30.7 Å². The molecule has 2 aromatic rings. The molecular weight excluding hydrogens is 392 g/mol. The molecule has 1 fully saturated rings. The maximum atomic E-state index is 12.4. The van der Waals surface area contributed by atoms with Crippen LogP contribution in [-0.4, -0.2) is 44.8 Å². The fourth-order valence-electron chi connectivity index (χ4n) is 3.20. The summed E-state index contributed by atoms with van der Waals surface area (Å²) in [4.78, 5) is 18.5. The number of nitrogens with zero attached hydrogens (tertiary/aromatic N) is 2. The highest BCUT2D eigenvalue weighted by Crippen LogP contribution is 2.23. The fourth-order valence-corrected chi connectivity index (χ4v) is 4.19. The van der Waals surface area contributed by atoms with Crippen LogP contribution in [0.25, 0.3) is 0 Å². The van der Waals surface area contributed by atoms with Gasteiger partial charge in [-0.05, 0) is 62.6 Å². The lowest BCUT2D eigenvalue weighted by molar-refractivity contribution is -0.113. The Hall–Kier alpha value is -2.81. The van der Waals surface area contributed by atoms with Gasteiger partial charge in [-0.15, -0.1) is 0 Å². The van der Waals surface area contributed by atoms with E-state index in [9.17, 15) is 13.2 Å². The van der Waals surface area contributed by atoms with Gasteiger partial charge in [-0.1, -0.05) is 0 Å². The number of benzene rings is 1. The number of hydrogen-bond acceptors (Lipinski definition) is 6. The van der Waals surface area contributed by atoms with Crippen molar-refractivity contribution in [3.05, 3.63) is 42.6 Å². The van der Waals surface area contributed by atoms with E-state index in [1.807, 2.05) is 12.1 Å². The number of rotatable bonds is 8. The first-order valence-electron chi connectivity index (χ1n) is 9.70. The minimum atomic E-state index is -3.85. The summed E-state index contributed by atoms with van der Waals surface area (Å²) >= 11 is 0. The fraction of sp³-hybridized carbons (Fsp3) is 0.400. The SMILES string of the molecule is CCOc1ncccc1NC(=O)CS(=O)(=O)Nc1ccc(N2CCCCC2)cc1. The van der Waals surface area contributed by atoms with Crippen molar-refractivity contribution in [1.82, 2.24) is 4.98 Å². The molecule has 1 aliphatic heterocycles. The summed E-state index contributed by atoms with van der Waals surface area (Å²) in [5.74, 6) is -1.13. The summed E-state index contributed by atoms with van der Waals surface area (Å²) in [5.41, 5.74) is 1.83. The molecule has 1 aromatic heterocycles. The number of aromatic nitrogens is 1. The summed E-state index contributed by atoms with van der Waals surface area (Å²) in [6.07, 6.45) is 5.13. The molecule has 8 nitrogen and oxygen atoms in total. The molecule has 0 spiro atoms. The maximum Gasteiger partial charge on any atom is 0.241 e. The zero-order valence-corrected chi connectivity index (χ0v) is 17.2. The topological polar surface area (TPSA) is 101 Å². The molecule has 1 saturated heterocycles. The van der Waals surface area contributed by atoms with Gasteiger partial charge in [-0.25, -0.2) is 13.4 Å². The Kier molecular flexibility index (Phi) is 6.92. The molecule has 0 atom stereocenters. The molecule has 0 bridgehead atoms. The second-order valence-electron chi connectivity index (χ2n) is 6.79. The molecule has 2 N–H and O–H groups in total. The van der Waals surface area contributed by atoms with Crippen molar-refractivity contribution in [2.24, 2.45) is 0 Å². The number of ether oxygens (including phenoxy) is 1. The lowest BCUT2D eigenvalue weighted by Crippen LogP contribution is -2.29. The molecular formula is C20H26N4O4S. The van der Waals surface area contributed by atoms with Crippen molar-refractivity contribution in [2.45, 2.75) is 26.2 Å². The molecule has 0 unspecified atom stereocenters. The van der Waals surface area contributed by atoms with Gasteiger partial charge in [0.05, 0.1) is 6.61 Å². The summed E-state index contributed by atoms with van der Waals surface area (Å²) < 4.78 is 32.5. The van der Waals surface area contributed by atoms with Gasteiger partial charge in [-0.2, -0.15) is 0 Å². The average Bonchev–Trinajstić information content (AvgIpc) is 2.70. The first-order valence-corrected chi connectivity index (χ1v) is 11.4. The molecule has 0 radical (unpaired) electrons. The van der Waals surface area contributed by atoms with Crippen LogP contribution < -0.4 is 19.7 Å². The number of carbonyl (C=O) groups excluding carboxylic acids is 1. The molecule has 1 aliphatic rings. The number of piperidine rings is 1. The Morgan fingerprint density at radius 2 is 1.86 bits per heavy atom. The normalized spacial score (nSPS) is 14.3. The van der Waals surface area contributed by atoms with Gasteiger partial charge in [-0.3, -0.25) is 9.52 Å². The van der Waals surface area contributed by atoms with E-state index >= 15 is 0 Å². The zero-order valence-electron chi connectivity index (χ0n) is 16.4. The van der Waals surface area contributed by atoms with Gasteiger partial charge in [0.15, 0.2) is 0 Å². The van der Waals surface area contributed by atoms with Gasteiger partial charge in [0.25, 0.3) is 0 Å². The van der Waals surface area contributed by atoms with Crippen LogP contribution in [-0.2, 0) is 14.8 Å². The largest absolute Gasteiger partial charge is 0.476 e. The van der Waals surface area contributed by atoms with Gasteiger partial charge in [0.2, 0.25) is 21.8 Å². The molecule has 3 rings (SSSR count). The molecule has 29 heavy (non-hydrogen) atoms. The van der Waals surface area contributed by atoms with Crippen LogP contribution in [0, 0.1) is 0 Å². The van der Waals surface area contributed by atoms with E-state index in [-0.39, 0.29) is 5.88 Å². The third-order valence-electron chi connectivity index (χ3n) is 4.51. The first kappa shape index (κ1) is 20.9. The molecule has 0 aliphatic carbocycles. The Balaban J connectivity index is 1.59. The third-order valence-corrected chi connectivity index (χ3v) is 5.70. The Bertz CT molecular complexity index is 926. The number of sulfonamides is 1. The minimum Gasteiger partial charge on any atom is -0.476 e. The van der Waals surface area contributed by atoms with Crippen molar-refractivity contribution in [3.8, 4) is 5.88 Å². The minimum absolute atomic E-state index is 0.252. The number of anilines is 3. The average molecular weight is 419 g/mol. The number of pyridine rings is 1. The van der Waals surface area contributed by atoms with Crippen molar-refractivity contribution in [2.75, 3.05) is 40.4 Å². The lowest BCUT2D eigenvalue weighted by Gasteiger charge is -2.28. The Morgan fingerprint density at radius 3 is 2.55 bits per heavy atom. The molecule has 1 aromatic carbocycles. The summed E-state index contributed by atoms with van der Waals surface area (Å²) in [7, 11) is -3.85. The van der Waals surface area contributed by atoms with Crippen molar-refractivity contribution in [1.29, 1.82) is 0 Å². The van der Waals surface area contributed by atoms with Crippen molar-refractivity contribution >= 4 is 33.0 Å². The first-order chi connectivity index (χ1) is 14.0. The van der Waals surface area contributed by atoms with Crippen molar-refractivity contribution < 1.29 is 17.9 Å². The second kappa shape index (κ2) is 9.60. The number of carbonyl (C=O) groups is 1. The van der Waals surface area contributed by atoms with Crippen LogP contribution in [0.3, 0.4) is 0 Å².